The molecular formula is C11H24N2O2. The molecular weight excluding hydrogens is 192 g/mol. The number of hydrogen-bond donors (Lipinski definition) is 2. The molecule has 0 aromatic heterocycles. The molecule has 1 rings (SSSR count). The van der Waals surface area contributed by atoms with Crippen LogP contribution < -0.4 is 11.1 Å². The molecule has 3 N–H and O–H groups in total. The van der Waals surface area contributed by atoms with Gasteiger partial charge < -0.3 is 15.8 Å². The van der Waals surface area contributed by atoms with Crippen molar-refractivity contribution in [2.45, 2.75) is 46.1 Å². The van der Waals surface area contributed by atoms with Crippen LogP contribution in [0.5, 0.6) is 0 Å². The molecule has 0 radical (unpaired) electrons. The van der Waals surface area contributed by atoms with E-state index in [1.807, 2.05) is 0 Å². The molecule has 0 aliphatic carbocycles. The van der Waals surface area contributed by atoms with Crippen LogP contribution in [-0.4, -0.2) is 24.8 Å². The predicted octanol–water partition coefficient (Wildman–Crippen LogP) is 1.89. The van der Waals surface area contributed by atoms with E-state index in [1.165, 1.54) is 25.9 Å². The van der Waals surface area contributed by atoms with Crippen LogP contribution in [0.25, 0.3) is 0 Å². The average molecular weight is 216 g/mol. The van der Waals surface area contributed by atoms with Crippen molar-refractivity contribution in [1.29, 1.82) is 0 Å². The molecule has 1 fully saturated rings. The van der Waals surface area contributed by atoms with Crippen LogP contribution >= 0.6 is 0 Å². The summed E-state index contributed by atoms with van der Waals surface area (Å²) in [5.41, 5.74) is 4.26. The van der Waals surface area contributed by atoms with E-state index in [1.54, 1.807) is 20.8 Å². The van der Waals surface area contributed by atoms with Crippen molar-refractivity contribution < 1.29 is 9.53 Å². The topological polar surface area (TPSA) is 64.3 Å². The Labute approximate surface area is 92.6 Å². The van der Waals surface area contributed by atoms with E-state index < -0.39 is 11.7 Å². The summed E-state index contributed by atoms with van der Waals surface area (Å²) < 4.78 is 4.58. The van der Waals surface area contributed by atoms with E-state index >= 15 is 0 Å². The van der Waals surface area contributed by atoms with Crippen LogP contribution in [0.3, 0.4) is 0 Å². The Balaban J connectivity index is 0.000000262. The second-order valence-corrected chi connectivity index (χ2v) is 4.98. The second kappa shape index (κ2) is 6.67. The van der Waals surface area contributed by atoms with Gasteiger partial charge >= 0.3 is 6.09 Å². The lowest BCUT2D eigenvalue weighted by Gasteiger charge is -2.17. The number of ether oxygens (including phenoxy) is 1. The minimum atomic E-state index is -0.725. The Hall–Kier alpha value is -0.770. The fraction of sp³-hybridized carbons (Fsp3) is 0.909. The lowest BCUT2D eigenvalue weighted by atomic mass is 10.0. The molecule has 0 bridgehead atoms. The van der Waals surface area contributed by atoms with E-state index in [-0.39, 0.29) is 0 Å². The fourth-order valence-corrected chi connectivity index (χ4v) is 1.33. The van der Waals surface area contributed by atoms with Crippen molar-refractivity contribution in [2.24, 2.45) is 11.7 Å². The van der Waals surface area contributed by atoms with Crippen LogP contribution in [0.1, 0.15) is 40.5 Å². The van der Waals surface area contributed by atoms with Crippen LogP contribution in [-0.2, 0) is 4.74 Å². The van der Waals surface area contributed by atoms with E-state index in [4.69, 9.17) is 5.73 Å². The normalized spacial score (nSPS) is 21.2. The van der Waals surface area contributed by atoms with Gasteiger partial charge in [-0.05, 0) is 52.6 Å². The van der Waals surface area contributed by atoms with Crippen LogP contribution in [0.2, 0.25) is 0 Å². The van der Waals surface area contributed by atoms with Crippen LogP contribution in [0.15, 0.2) is 0 Å². The minimum absolute atomic E-state index is 0.453. The molecule has 15 heavy (non-hydrogen) atoms. The molecule has 1 unspecified atom stereocenters. The van der Waals surface area contributed by atoms with Gasteiger partial charge in [-0.2, -0.15) is 0 Å². The first-order valence-corrected chi connectivity index (χ1v) is 5.50. The summed E-state index contributed by atoms with van der Waals surface area (Å²) in [4.78, 5) is 10.0. The number of carbonyl (C=O) groups is 1. The Bertz CT molecular complexity index is 182. The second-order valence-electron chi connectivity index (χ2n) is 4.98. The lowest BCUT2D eigenvalue weighted by molar-refractivity contribution is 0.0600. The average Bonchev–Trinajstić information content (AvgIpc) is 2.01. The number of primary amides is 1. The zero-order valence-electron chi connectivity index (χ0n) is 10.3. The SMILES string of the molecule is CC(C)(C)OC(N)=O.CC1CCCNC1. The third-order valence-electron chi connectivity index (χ3n) is 1.95. The Morgan fingerprint density at radius 1 is 1.47 bits per heavy atom. The fourth-order valence-electron chi connectivity index (χ4n) is 1.33. The maximum atomic E-state index is 10.0. The van der Waals surface area contributed by atoms with Crippen LogP contribution in [0, 0.1) is 5.92 Å². The van der Waals surface area contributed by atoms with E-state index in [9.17, 15) is 4.79 Å². The van der Waals surface area contributed by atoms with Crippen LogP contribution in [0.4, 0.5) is 4.79 Å². The molecule has 0 spiro atoms. The van der Waals surface area contributed by atoms with Crippen molar-refractivity contribution in [2.75, 3.05) is 13.1 Å². The van der Waals surface area contributed by atoms with Crippen molar-refractivity contribution in [1.82, 2.24) is 5.32 Å². The molecule has 1 atom stereocenters. The molecule has 0 aromatic rings. The van der Waals surface area contributed by atoms with Gasteiger partial charge in [0.1, 0.15) is 5.60 Å². The number of nitrogens with one attached hydrogen (secondary N) is 1. The van der Waals surface area contributed by atoms with Gasteiger partial charge in [0, 0.05) is 0 Å². The van der Waals surface area contributed by atoms with Crippen molar-refractivity contribution in [3.8, 4) is 0 Å². The highest BCUT2D eigenvalue weighted by Crippen LogP contribution is 2.06. The highest BCUT2D eigenvalue weighted by Gasteiger charge is 2.12. The molecule has 1 aliphatic rings. The van der Waals surface area contributed by atoms with Gasteiger partial charge in [-0.3, -0.25) is 0 Å². The molecule has 1 aliphatic heterocycles. The van der Waals surface area contributed by atoms with Gasteiger partial charge in [0.05, 0.1) is 0 Å². The standard InChI is InChI=1S/C6H13N.C5H11NO2/c1-6-3-2-4-7-5-6;1-5(2,3)8-4(6)7/h6-7H,2-5H2,1H3;1-3H3,(H2,6,7). The maximum absolute atomic E-state index is 10.0. The molecule has 0 aromatic carbocycles. The quantitative estimate of drug-likeness (QED) is 0.650. The first-order valence-electron chi connectivity index (χ1n) is 5.50. The van der Waals surface area contributed by atoms with Gasteiger partial charge in [0.25, 0.3) is 0 Å². The third-order valence-corrected chi connectivity index (χ3v) is 1.95. The smallest absolute Gasteiger partial charge is 0.405 e. The molecule has 90 valence electrons. The summed E-state index contributed by atoms with van der Waals surface area (Å²) in [5, 5.41) is 3.33. The zero-order valence-corrected chi connectivity index (χ0v) is 10.3. The largest absolute Gasteiger partial charge is 0.444 e. The first-order chi connectivity index (χ1) is 6.81. The number of carbonyl (C=O) groups excluding carboxylic acids is 1. The van der Waals surface area contributed by atoms with Gasteiger partial charge in [-0.25, -0.2) is 4.79 Å². The van der Waals surface area contributed by atoms with E-state index in [0.29, 0.717) is 0 Å². The lowest BCUT2D eigenvalue weighted by Crippen LogP contribution is -2.27. The summed E-state index contributed by atoms with van der Waals surface area (Å²) >= 11 is 0. The number of rotatable bonds is 0. The zero-order chi connectivity index (χ0) is 11.9. The Morgan fingerprint density at radius 2 is 2.07 bits per heavy atom. The summed E-state index contributed by atoms with van der Waals surface area (Å²) in [7, 11) is 0. The highest BCUT2D eigenvalue weighted by molar-refractivity contribution is 5.65. The monoisotopic (exact) mass is 216 g/mol. The highest BCUT2D eigenvalue weighted by atomic mass is 16.6. The maximum Gasteiger partial charge on any atom is 0.405 e. The molecule has 0 saturated carbocycles. The number of piperidine rings is 1. The molecule has 1 amide bonds. The summed E-state index contributed by atoms with van der Waals surface area (Å²) in [6.07, 6.45) is 2.08. The number of amides is 1. The Kier molecular flexibility index (Phi) is 6.32. The van der Waals surface area contributed by atoms with Gasteiger partial charge in [-0.1, -0.05) is 6.92 Å². The van der Waals surface area contributed by atoms with E-state index in [0.717, 1.165) is 5.92 Å². The Morgan fingerprint density at radius 3 is 2.20 bits per heavy atom. The molecule has 4 nitrogen and oxygen atoms in total. The van der Waals surface area contributed by atoms with Crippen molar-refractivity contribution in [3.05, 3.63) is 0 Å². The number of hydrogen-bond acceptors (Lipinski definition) is 3. The van der Waals surface area contributed by atoms with Crippen molar-refractivity contribution in [3.63, 3.8) is 0 Å². The summed E-state index contributed by atoms with van der Waals surface area (Å²) in [6.45, 7) is 10.1. The summed E-state index contributed by atoms with van der Waals surface area (Å²) in [5.74, 6) is 0.925. The minimum Gasteiger partial charge on any atom is -0.444 e. The van der Waals surface area contributed by atoms with Gasteiger partial charge in [0.2, 0.25) is 0 Å². The predicted molar refractivity (Wildman–Crippen MR) is 61.7 cm³/mol. The summed E-state index contributed by atoms with van der Waals surface area (Å²) in [6, 6.07) is 0. The van der Waals surface area contributed by atoms with Gasteiger partial charge in [-0.15, -0.1) is 0 Å². The molecule has 4 heteroatoms. The van der Waals surface area contributed by atoms with E-state index in [2.05, 4.69) is 17.0 Å². The van der Waals surface area contributed by atoms with Crippen molar-refractivity contribution >= 4 is 6.09 Å². The number of nitrogens with two attached hydrogens (primary N) is 1. The third kappa shape index (κ3) is 11.2. The molecule has 1 heterocycles. The molecule has 1 saturated heterocycles. The van der Waals surface area contributed by atoms with Gasteiger partial charge in [0.15, 0.2) is 0 Å². The first kappa shape index (κ1) is 14.2.